The molecule has 2 N–H and O–H groups in total. The molecule has 1 saturated heterocycles. The zero-order chi connectivity index (χ0) is 7.56. The van der Waals surface area contributed by atoms with Gasteiger partial charge in [-0.15, -0.1) is 0 Å². The minimum atomic E-state index is -0.426. The van der Waals surface area contributed by atoms with Gasteiger partial charge in [-0.3, -0.25) is 15.0 Å². The van der Waals surface area contributed by atoms with Crippen LogP contribution in [-0.4, -0.2) is 22.6 Å². The molecule has 0 aliphatic carbocycles. The summed E-state index contributed by atoms with van der Waals surface area (Å²) in [5.41, 5.74) is 0. The van der Waals surface area contributed by atoms with Crippen LogP contribution in [0.4, 0.5) is 0 Å². The van der Waals surface area contributed by atoms with Crippen molar-refractivity contribution in [2.45, 2.75) is 11.7 Å². The third-order valence-electron chi connectivity index (χ3n) is 1.06. The van der Waals surface area contributed by atoms with Crippen molar-refractivity contribution in [2.75, 3.05) is 0 Å². The molecule has 1 amide bonds. The van der Waals surface area contributed by atoms with Crippen LogP contribution in [0.1, 0.15) is 6.42 Å². The number of hydrogen-bond donors (Lipinski definition) is 2. The van der Waals surface area contributed by atoms with Crippen LogP contribution in [0.5, 0.6) is 0 Å². The minimum absolute atomic E-state index is 0.0683. The van der Waals surface area contributed by atoms with Gasteiger partial charge in [-0.05, 0) is 0 Å². The molecule has 0 spiro atoms. The molecule has 0 saturated carbocycles. The molecule has 1 fully saturated rings. The fourth-order valence-corrected chi connectivity index (χ4v) is 1.39. The second-order valence-corrected chi connectivity index (χ2v) is 2.99. The van der Waals surface area contributed by atoms with Gasteiger partial charge < -0.3 is 5.32 Å². The average molecular weight is 157 g/mol. The summed E-state index contributed by atoms with van der Waals surface area (Å²) in [6.45, 7) is 0. The number of carbonyl (C=O) groups excluding carboxylic acids is 2. The first-order valence-electron chi connectivity index (χ1n) is 2.65. The number of carbonyl (C=O) groups is 1. The predicted molar refractivity (Wildman–Crippen MR) is 37.6 cm³/mol. The first-order chi connectivity index (χ1) is 4.74. The lowest BCUT2D eigenvalue weighted by atomic mass is 10.3. The van der Waals surface area contributed by atoms with E-state index in [1.165, 1.54) is 0 Å². The van der Waals surface area contributed by atoms with E-state index in [0.29, 0.717) is 0 Å². The molecule has 10 heavy (non-hydrogen) atoms. The zero-order valence-corrected chi connectivity index (χ0v) is 5.83. The lowest BCUT2D eigenvalue weighted by Gasteiger charge is -1.94. The zero-order valence-electron chi connectivity index (χ0n) is 5.01. The van der Waals surface area contributed by atoms with Gasteiger partial charge in [-0.2, -0.15) is 0 Å². The van der Waals surface area contributed by atoms with E-state index in [9.17, 15) is 9.59 Å². The van der Waals surface area contributed by atoms with E-state index in [0.717, 1.165) is 11.8 Å². The molecular formula is C5H5N2O2S. The Morgan fingerprint density at radius 3 is 2.90 bits per heavy atom. The lowest BCUT2D eigenvalue weighted by molar-refractivity contribution is -0.118. The van der Waals surface area contributed by atoms with Crippen molar-refractivity contribution < 1.29 is 9.59 Å². The molecule has 4 nitrogen and oxygen atoms in total. The highest BCUT2D eigenvalue weighted by molar-refractivity contribution is 8.15. The van der Waals surface area contributed by atoms with Crippen molar-refractivity contribution in [2.24, 2.45) is 0 Å². The maximum atomic E-state index is 10.7. The van der Waals surface area contributed by atoms with Gasteiger partial charge in [0, 0.05) is 6.42 Å². The first kappa shape index (κ1) is 7.27. The largest absolute Gasteiger partial charge is 0.305 e. The van der Waals surface area contributed by atoms with E-state index in [4.69, 9.17) is 5.41 Å². The molecule has 1 atom stereocenters. The summed E-state index contributed by atoms with van der Waals surface area (Å²) in [5, 5.41) is 8.96. The van der Waals surface area contributed by atoms with Gasteiger partial charge in [-0.25, -0.2) is 0 Å². The SMILES string of the molecule is N=C1NC(=O)C(C[C]=O)S1. The smallest absolute Gasteiger partial charge is 0.239 e. The third kappa shape index (κ3) is 1.36. The second-order valence-electron chi connectivity index (χ2n) is 1.77. The number of hydrogen-bond acceptors (Lipinski definition) is 4. The number of amides is 1. The highest BCUT2D eigenvalue weighted by atomic mass is 32.2. The molecule has 1 heterocycles. The van der Waals surface area contributed by atoms with Gasteiger partial charge in [0.1, 0.15) is 0 Å². The van der Waals surface area contributed by atoms with Crippen LogP contribution in [0.3, 0.4) is 0 Å². The van der Waals surface area contributed by atoms with Gasteiger partial charge in [0.15, 0.2) is 11.5 Å². The van der Waals surface area contributed by atoms with Crippen LogP contribution in [0.2, 0.25) is 0 Å². The Morgan fingerprint density at radius 2 is 2.50 bits per heavy atom. The van der Waals surface area contributed by atoms with E-state index in [2.05, 4.69) is 5.32 Å². The van der Waals surface area contributed by atoms with E-state index in [1.54, 1.807) is 6.29 Å². The Hall–Kier alpha value is -0.840. The Balaban J connectivity index is 2.54. The van der Waals surface area contributed by atoms with E-state index in [1.807, 2.05) is 0 Å². The Kier molecular flexibility index (Phi) is 2.06. The van der Waals surface area contributed by atoms with Crippen molar-refractivity contribution >= 4 is 29.1 Å². The van der Waals surface area contributed by atoms with Crippen molar-refractivity contribution in [1.29, 1.82) is 5.41 Å². The minimum Gasteiger partial charge on any atom is -0.305 e. The average Bonchev–Trinajstić information content (AvgIpc) is 2.13. The third-order valence-corrected chi connectivity index (χ3v) is 2.06. The fourth-order valence-electron chi connectivity index (χ4n) is 0.628. The van der Waals surface area contributed by atoms with Crippen molar-refractivity contribution in [3.05, 3.63) is 0 Å². The second kappa shape index (κ2) is 2.83. The summed E-state index contributed by atoms with van der Waals surface area (Å²) in [6, 6.07) is 0. The highest BCUT2D eigenvalue weighted by Crippen LogP contribution is 2.19. The standard InChI is InChI=1S/C5H5N2O2S/c6-5-7-4(9)3(10-5)1-2-8/h3H,1H2,(H2,6,7,9). The Labute approximate surface area is 61.9 Å². The lowest BCUT2D eigenvalue weighted by Crippen LogP contribution is -2.24. The number of rotatable bonds is 2. The normalized spacial score (nSPS) is 24.6. The van der Waals surface area contributed by atoms with Gasteiger partial charge in [0.25, 0.3) is 0 Å². The molecule has 53 valence electrons. The molecule has 5 heteroatoms. The summed E-state index contributed by atoms with van der Waals surface area (Å²) >= 11 is 1.06. The summed E-state index contributed by atoms with van der Waals surface area (Å²) in [4.78, 5) is 20.5. The summed E-state index contributed by atoms with van der Waals surface area (Å²) in [5.74, 6) is -0.265. The topological polar surface area (TPSA) is 70.0 Å². The number of amidine groups is 1. The van der Waals surface area contributed by atoms with E-state index >= 15 is 0 Å². The first-order valence-corrected chi connectivity index (χ1v) is 3.53. The Bertz CT molecular complexity index is 192. The molecular weight excluding hydrogens is 152 g/mol. The molecule has 0 aromatic carbocycles. The van der Waals surface area contributed by atoms with Crippen molar-refractivity contribution in [3.63, 3.8) is 0 Å². The van der Waals surface area contributed by atoms with Gasteiger partial charge >= 0.3 is 0 Å². The number of thioether (sulfide) groups is 1. The summed E-state index contributed by atoms with van der Waals surface area (Å²) < 4.78 is 0. The quantitative estimate of drug-likeness (QED) is 0.575. The molecule has 1 aliphatic heterocycles. The molecule has 1 radical (unpaired) electrons. The van der Waals surface area contributed by atoms with Gasteiger partial charge in [0.2, 0.25) is 5.91 Å². The monoisotopic (exact) mass is 157 g/mol. The van der Waals surface area contributed by atoms with Gasteiger partial charge in [-0.1, -0.05) is 11.8 Å². The maximum Gasteiger partial charge on any atom is 0.239 e. The Morgan fingerprint density at radius 1 is 1.80 bits per heavy atom. The summed E-state index contributed by atoms with van der Waals surface area (Å²) in [6.07, 6.45) is 1.70. The predicted octanol–water partition coefficient (Wildman–Crippen LogP) is -0.347. The summed E-state index contributed by atoms with van der Waals surface area (Å²) in [7, 11) is 0. The van der Waals surface area contributed by atoms with Crippen molar-refractivity contribution in [3.8, 4) is 0 Å². The number of nitrogens with one attached hydrogen (secondary N) is 2. The van der Waals surface area contributed by atoms with Crippen LogP contribution in [0, 0.1) is 5.41 Å². The molecule has 1 unspecified atom stereocenters. The van der Waals surface area contributed by atoms with Gasteiger partial charge in [0.05, 0.1) is 5.25 Å². The molecule has 0 aromatic heterocycles. The van der Waals surface area contributed by atoms with Crippen LogP contribution >= 0.6 is 11.8 Å². The van der Waals surface area contributed by atoms with E-state index in [-0.39, 0.29) is 17.5 Å². The highest BCUT2D eigenvalue weighted by Gasteiger charge is 2.28. The fraction of sp³-hybridized carbons (Fsp3) is 0.400. The van der Waals surface area contributed by atoms with Crippen LogP contribution in [0.15, 0.2) is 0 Å². The van der Waals surface area contributed by atoms with Crippen LogP contribution < -0.4 is 5.32 Å². The van der Waals surface area contributed by atoms with Crippen molar-refractivity contribution in [1.82, 2.24) is 5.32 Å². The van der Waals surface area contributed by atoms with Crippen LogP contribution in [0.25, 0.3) is 0 Å². The maximum absolute atomic E-state index is 10.7. The van der Waals surface area contributed by atoms with Crippen LogP contribution in [-0.2, 0) is 9.59 Å². The molecule has 1 rings (SSSR count). The molecule has 1 aliphatic rings. The molecule has 0 bridgehead atoms. The van der Waals surface area contributed by atoms with E-state index < -0.39 is 5.25 Å². The molecule has 0 aromatic rings.